The van der Waals surface area contributed by atoms with Gasteiger partial charge in [0.2, 0.25) is 0 Å². The summed E-state index contributed by atoms with van der Waals surface area (Å²) < 4.78 is 2.17. The minimum atomic E-state index is 0.677. The van der Waals surface area contributed by atoms with Crippen molar-refractivity contribution in [1.82, 2.24) is 19.9 Å². The highest BCUT2D eigenvalue weighted by atomic mass is 15.1. The number of hydrogen-bond donors (Lipinski definition) is 1. The molecule has 0 amide bonds. The average Bonchev–Trinajstić information content (AvgIpc) is 2.75. The molecule has 0 aromatic carbocycles. The molecule has 3 heterocycles. The zero-order valence-electron chi connectivity index (χ0n) is 10.9. The maximum atomic E-state index is 4.69. The highest BCUT2D eigenvalue weighted by Gasteiger charge is 2.14. The summed E-state index contributed by atoms with van der Waals surface area (Å²) >= 11 is 0. The van der Waals surface area contributed by atoms with E-state index in [9.17, 15) is 0 Å². The van der Waals surface area contributed by atoms with Crippen molar-refractivity contribution in [3.05, 3.63) is 24.3 Å². The van der Waals surface area contributed by atoms with Crippen LogP contribution in [0.2, 0.25) is 0 Å². The Bertz CT molecular complexity index is 526. The maximum absolute atomic E-state index is 4.69. The molecular formula is C14H20N4. The second-order valence-corrected chi connectivity index (χ2v) is 5.14. The zero-order chi connectivity index (χ0) is 12.4. The first-order valence-corrected chi connectivity index (χ1v) is 6.83. The maximum Gasteiger partial charge on any atom is 0.109 e. The van der Waals surface area contributed by atoms with Crippen LogP contribution in [0.5, 0.6) is 0 Å². The molecule has 1 N–H and O–H groups in total. The molecule has 3 rings (SSSR count). The predicted octanol–water partition coefficient (Wildman–Crippen LogP) is 2.04. The summed E-state index contributed by atoms with van der Waals surface area (Å²) in [7, 11) is 2.08. The Morgan fingerprint density at radius 1 is 1.44 bits per heavy atom. The van der Waals surface area contributed by atoms with Gasteiger partial charge < -0.3 is 9.88 Å². The van der Waals surface area contributed by atoms with E-state index in [-0.39, 0.29) is 0 Å². The fraction of sp³-hybridized carbons (Fsp3) is 0.571. The SMILES string of the molecule is Cn1c(CCC2CCCCN2)nc2ccncc21. The Hall–Kier alpha value is -1.42. The number of aromatic nitrogens is 3. The molecule has 4 heteroatoms. The van der Waals surface area contributed by atoms with Crippen LogP contribution in [0, 0.1) is 0 Å². The quantitative estimate of drug-likeness (QED) is 0.898. The van der Waals surface area contributed by atoms with Crippen molar-refractivity contribution in [2.45, 2.75) is 38.1 Å². The van der Waals surface area contributed by atoms with E-state index >= 15 is 0 Å². The number of hydrogen-bond acceptors (Lipinski definition) is 3. The van der Waals surface area contributed by atoms with Gasteiger partial charge in [-0.1, -0.05) is 6.42 Å². The molecule has 1 aliphatic rings. The third-order valence-corrected chi connectivity index (χ3v) is 3.90. The summed E-state index contributed by atoms with van der Waals surface area (Å²) in [6.45, 7) is 1.18. The van der Waals surface area contributed by atoms with Gasteiger partial charge >= 0.3 is 0 Å². The lowest BCUT2D eigenvalue weighted by Gasteiger charge is -2.23. The van der Waals surface area contributed by atoms with Crippen molar-refractivity contribution in [1.29, 1.82) is 0 Å². The second kappa shape index (κ2) is 5.06. The summed E-state index contributed by atoms with van der Waals surface area (Å²) in [6.07, 6.45) is 9.93. The van der Waals surface area contributed by atoms with Crippen LogP contribution in [0.4, 0.5) is 0 Å². The van der Waals surface area contributed by atoms with Crippen LogP contribution in [-0.4, -0.2) is 27.1 Å². The summed E-state index contributed by atoms with van der Waals surface area (Å²) in [5.41, 5.74) is 2.18. The molecule has 0 saturated carbocycles. The molecule has 2 aromatic heterocycles. The number of nitrogens with one attached hydrogen (secondary N) is 1. The fourth-order valence-corrected chi connectivity index (χ4v) is 2.78. The van der Waals surface area contributed by atoms with Crippen LogP contribution in [-0.2, 0) is 13.5 Å². The lowest BCUT2D eigenvalue weighted by molar-refractivity contribution is 0.380. The van der Waals surface area contributed by atoms with E-state index in [0.29, 0.717) is 6.04 Å². The molecule has 1 fully saturated rings. The molecule has 0 bridgehead atoms. The molecule has 0 radical (unpaired) electrons. The molecule has 2 aromatic rings. The second-order valence-electron chi connectivity index (χ2n) is 5.14. The van der Waals surface area contributed by atoms with E-state index in [0.717, 1.165) is 17.5 Å². The van der Waals surface area contributed by atoms with Gasteiger partial charge in [0, 0.05) is 25.7 Å². The summed E-state index contributed by atoms with van der Waals surface area (Å²) in [5.74, 6) is 1.17. The van der Waals surface area contributed by atoms with Crippen LogP contribution in [0.25, 0.3) is 11.0 Å². The standard InChI is InChI=1S/C14H20N4/c1-18-13-10-15-9-7-12(13)17-14(18)6-5-11-4-2-3-8-16-11/h7,9-11,16H,2-6,8H2,1H3. The van der Waals surface area contributed by atoms with Crippen molar-refractivity contribution < 1.29 is 0 Å². The monoisotopic (exact) mass is 244 g/mol. The van der Waals surface area contributed by atoms with Gasteiger partial charge in [0.15, 0.2) is 0 Å². The molecule has 4 nitrogen and oxygen atoms in total. The van der Waals surface area contributed by atoms with Crippen molar-refractivity contribution in [2.75, 3.05) is 6.54 Å². The first-order chi connectivity index (χ1) is 8.84. The molecule has 1 atom stereocenters. The average molecular weight is 244 g/mol. The smallest absolute Gasteiger partial charge is 0.109 e. The summed E-state index contributed by atoms with van der Waals surface area (Å²) in [6, 6.07) is 2.66. The van der Waals surface area contributed by atoms with Gasteiger partial charge in [0.1, 0.15) is 5.82 Å². The predicted molar refractivity (Wildman–Crippen MR) is 72.5 cm³/mol. The van der Waals surface area contributed by atoms with Crippen LogP contribution in [0.3, 0.4) is 0 Å². The first kappa shape index (κ1) is 11.7. The van der Waals surface area contributed by atoms with Gasteiger partial charge in [-0.15, -0.1) is 0 Å². The van der Waals surface area contributed by atoms with Gasteiger partial charge in [-0.25, -0.2) is 4.98 Å². The van der Waals surface area contributed by atoms with Gasteiger partial charge in [-0.3, -0.25) is 4.98 Å². The van der Waals surface area contributed by atoms with E-state index in [1.165, 1.54) is 38.1 Å². The van der Waals surface area contributed by atoms with Crippen LogP contribution in [0.15, 0.2) is 18.5 Å². The highest BCUT2D eigenvalue weighted by Crippen LogP contribution is 2.17. The number of imidazole rings is 1. The van der Waals surface area contributed by atoms with Crippen molar-refractivity contribution in [2.24, 2.45) is 7.05 Å². The van der Waals surface area contributed by atoms with Gasteiger partial charge in [0.05, 0.1) is 17.2 Å². The van der Waals surface area contributed by atoms with E-state index in [1.54, 1.807) is 0 Å². The normalized spacial score (nSPS) is 20.4. The zero-order valence-corrected chi connectivity index (χ0v) is 10.9. The largest absolute Gasteiger partial charge is 0.330 e. The number of nitrogens with zero attached hydrogens (tertiary/aromatic N) is 3. The first-order valence-electron chi connectivity index (χ1n) is 6.83. The number of rotatable bonds is 3. The van der Waals surface area contributed by atoms with E-state index in [1.807, 2.05) is 18.5 Å². The molecular weight excluding hydrogens is 224 g/mol. The third-order valence-electron chi connectivity index (χ3n) is 3.90. The number of fused-ring (bicyclic) bond motifs is 1. The number of piperidine rings is 1. The molecule has 96 valence electrons. The van der Waals surface area contributed by atoms with E-state index < -0.39 is 0 Å². The Morgan fingerprint density at radius 2 is 2.39 bits per heavy atom. The summed E-state index contributed by atoms with van der Waals surface area (Å²) in [4.78, 5) is 8.86. The third kappa shape index (κ3) is 2.25. The Morgan fingerprint density at radius 3 is 3.17 bits per heavy atom. The highest BCUT2D eigenvalue weighted by molar-refractivity contribution is 5.74. The topological polar surface area (TPSA) is 42.7 Å². The van der Waals surface area contributed by atoms with Crippen LogP contribution >= 0.6 is 0 Å². The van der Waals surface area contributed by atoms with E-state index in [4.69, 9.17) is 4.98 Å². The van der Waals surface area contributed by atoms with Gasteiger partial charge in [-0.2, -0.15) is 0 Å². The lowest BCUT2D eigenvalue weighted by Crippen LogP contribution is -2.34. The molecule has 0 spiro atoms. The Balaban J connectivity index is 1.72. The molecule has 1 unspecified atom stereocenters. The fourth-order valence-electron chi connectivity index (χ4n) is 2.78. The number of aryl methyl sites for hydroxylation is 2. The van der Waals surface area contributed by atoms with Gasteiger partial charge in [0.25, 0.3) is 0 Å². The minimum Gasteiger partial charge on any atom is -0.330 e. The van der Waals surface area contributed by atoms with Crippen molar-refractivity contribution >= 4 is 11.0 Å². The molecule has 18 heavy (non-hydrogen) atoms. The van der Waals surface area contributed by atoms with Crippen LogP contribution < -0.4 is 5.32 Å². The Kier molecular flexibility index (Phi) is 3.28. The number of pyridine rings is 1. The minimum absolute atomic E-state index is 0.677. The lowest BCUT2D eigenvalue weighted by atomic mass is 10.0. The molecule has 0 aliphatic carbocycles. The van der Waals surface area contributed by atoms with Gasteiger partial charge in [-0.05, 0) is 31.9 Å². The molecule has 1 aliphatic heterocycles. The van der Waals surface area contributed by atoms with Crippen molar-refractivity contribution in [3.8, 4) is 0 Å². The van der Waals surface area contributed by atoms with Crippen LogP contribution in [0.1, 0.15) is 31.5 Å². The Labute approximate surface area is 107 Å². The van der Waals surface area contributed by atoms with Crippen molar-refractivity contribution in [3.63, 3.8) is 0 Å². The molecule has 1 saturated heterocycles. The summed E-state index contributed by atoms with van der Waals surface area (Å²) in [5, 5.41) is 3.59. The van der Waals surface area contributed by atoms with E-state index in [2.05, 4.69) is 21.9 Å².